The average molecular weight is 402 g/mol. The van der Waals surface area contributed by atoms with Crippen molar-refractivity contribution in [2.75, 3.05) is 6.61 Å². The smallest absolute Gasteiger partial charge is 0.259 e. The first-order valence-electron chi connectivity index (χ1n) is 9.44. The molecule has 5 nitrogen and oxygen atoms in total. The van der Waals surface area contributed by atoms with Gasteiger partial charge in [0.1, 0.15) is 0 Å². The van der Waals surface area contributed by atoms with E-state index in [1.54, 1.807) is 11.3 Å². The van der Waals surface area contributed by atoms with Crippen molar-refractivity contribution < 1.29 is 14.7 Å². The predicted octanol–water partition coefficient (Wildman–Crippen LogP) is 3.81. The zero-order chi connectivity index (χ0) is 20.0. The molecular weight excluding hydrogens is 384 g/mol. The molecule has 2 N–H and O–H groups in total. The van der Waals surface area contributed by atoms with Gasteiger partial charge in [0.05, 0.1) is 11.1 Å². The van der Waals surface area contributed by atoms with E-state index in [1.807, 2.05) is 64.7 Å². The molecule has 0 bridgehead atoms. The van der Waals surface area contributed by atoms with Gasteiger partial charge in [-0.05, 0) is 18.6 Å². The highest BCUT2D eigenvalue weighted by Crippen LogP contribution is 2.40. The summed E-state index contributed by atoms with van der Waals surface area (Å²) in [6.07, 6.45) is 2.53. The van der Waals surface area contributed by atoms with Gasteiger partial charge in [0.15, 0.2) is 0 Å². The number of aryl methyl sites for hydroxylation is 1. The van der Waals surface area contributed by atoms with Gasteiger partial charge < -0.3 is 9.67 Å². The molecule has 2 aromatic carbocycles. The number of aliphatic hydroxyl groups is 1. The van der Waals surface area contributed by atoms with Gasteiger partial charge >= 0.3 is 0 Å². The quantitative estimate of drug-likeness (QED) is 0.499. The summed E-state index contributed by atoms with van der Waals surface area (Å²) in [6, 6.07) is 15.7. The maximum Gasteiger partial charge on any atom is 0.259 e. The second-order valence-electron chi connectivity index (χ2n) is 7.01. The molecule has 1 aliphatic rings. The number of thiophene rings is 1. The van der Waals surface area contributed by atoms with Gasteiger partial charge in [0.2, 0.25) is 0 Å². The summed E-state index contributed by atoms with van der Waals surface area (Å²) in [5.74, 6) is -0.730. The third-order valence-corrected chi connectivity index (χ3v) is 6.26. The van der Waals surface area contributed by atoms with Crippen LogP contribution >= 0.6 is 11.3 Å². The van der Waals surface area contributed by atoms with Crippen molar-refractivity contribution in [3.05, 3.63) is 71.2 Å². The molecule has 4 aromatic rings. The molecule has 6 heteroatoms. The van der Waals surface area contributed by atoms with Gasteiger partial charge in [-0.25, -0.2) is 0 Å². The lowest BCUT2D eigenvalue weighted by Gasteiger charge is -2.03. The van der Waals surface area contributed by atoms with Gasteiger partial charge in [-0.2, -0.15) is 0 Å². The topological polar surface area (TPSA) is 71.3 Å². The molecule has 144 valence electrons. The van der Waals surface area contributed by atoms with Gasteiger partial charge in [0.25, 0.3) is 11.8 Å². The van der Waals surface area contributed by atoms with E-state index in [9.17, 15) is 14.7 Å². The van der Waals surface area contributed by atoms with Crippen LogP contribution in [0.1, 0.15) is 17.5 Å². The maximum atomic E-state index is 12.9. The Kier molecular flexibility index (Phi) is 4.30. The lowest BCUT2D eigenvalue weighted by Crippen LogP contribution is -2.22. The third kappa shape index (κ3) is 2.80. The Labute approximate surface area is 170 Å². The largest absolute Gasteiger partial charge is 0.396 e. The highest BCUT2D eigenvalue weighted by Gasteiger charge is 2.34. The second-order valence-corrected chi connectivity index (χ2v) is 7.92. The summed E-state index contributed by atoms with van der Waals surface area (Å²) < 4.78 is 3.11. The SMILES string of the molecule is O=C1NC(=O)C(c2cn(CCCO)c3ccccc23)=C1c1csc2ccccc12. The second kappa shape index (κ2) is 6.99. The summed E-state index contributed by atoms with van der Waals surface area (Å²) in [5.41, 5.74) is 3.35. The van der Waals surface area contributed by atoms with E-state index in [4.69, 9.17) is 0 Å². The number of nitrogens with zero attached hydrogens (tertiary/aromatic N) is 1. The number of aliphatic hydroxyl groups excluding tert-OH is 1. The zero-order valence-electron chi connectivity index (χ0n) is 15.5. The van der Waals surface area contributed by atoms with E-state index in [-0.39, 0.29) is 18.4 Å². The number of hydrogen-bond acceptors (Lipinski definition) is 4. The summed E-state index contributed by atoms with van der Waals surface area (Å²) in [6.45, 7) is 0.728. The van der Waals surface area contributed by atoms with Crippen LogP contribution in [0.25, 0.3) is 32.1 Å². The van der Waals surface area contributed by atoms with Gasteiger partial charge in [-0.3, -0.25) is 14.9 Å². The number of para-hydroxylation sites is 1. The van der Waals surface area contributed by atoms with Crippen LogP contribution in [0, 0.1) is 0 Å². The van der Waals surface area contributed by atoms with Crippen molar-refractivity contribution >= 4 is 55.3 Å². The number of carbonyl (C=O) groups is 2. The fourth-order valence-corrected chi connectivity index (χ4v) is 4.96. The first kappa shape index (κ1) is 17.8. The Morgan fingerprint density at radius 2 is 1.59 bits per heavy atom. The highest BCUT2D eigenvalue weighted by atomic mass is 32.1. The van der Waals surface area contributed by atoms with E-state index >= 15 is 0 Å². The van der Waals surface area contributed by atoms with Crippen LogP contribution in [0.2, 0.25) is 0 Å². The number of amides is 2. The fraction of sp³-hybridized carbons (Fsp3) is 0.130. The summed E-state index contributed by atoms with van der Waals surface area (Å²) in [7, 11) is 0. The first-order chi connectivity index (χ1) is 14.2. The Morgan fingerprint density at radius 1 is 0.897 bits per heavy atom. The summed E-state index contributed by atoms with van der Waals surface area (Å²) >= 11 is 1.56. The van der Waals surface area contributed by atoms with Crippen LogP contribution in [0.15, 0.2) is 60.1 Å². The number of hydrogen-bond donors (Lipinski definition) is 2. The highest BCUT2D eigenvalue weighted by molar-refractivity contribution is 7.17. The van der Waals surface area contributed by atoms with Crippen LogP contribution < -0.4 is 5.32 Å². The zero-order valence-corrected chi connectivity index (χ0v) is 16.3. The number of rotatable bonds is 5. The molecule has 0 radical (unpaired) electrons. The molecule has 0 unspecified atom stereocenters. The standard InChI is InChI=1S/C23H18N2O3S/c26-11-5-10-25-12-16(14-6-1-3-8-18(14)25)20-21(23(28)24-22(20)27)17-13-29-19-9-4-2-7-15(17)19/h1-4,6-9,12-13,26H,5,10-11H2,(H,24,27,28). The van der Waals surface area contributed by atoms with E-state index in [2.05, 4.69) is 5.32 Å². The molecule has 0 spiro atoms. The molecule has 0 atom stereocenters. The number of nitrogens with one attached hydrogen (secondary N) is 1. The van der Waals surface area contributed by atoms with Crippen molar-refractivity contribution in [2.24, 2.45) is 0 Å². The molecule has 2 amide bonds. The number of carbonyl (C=O) groups excluding carboxylic acids is 2. The minimum absolute atomic E-state index is 0.0929. The van der Waals surface area contributed by atoms with Crippen LogP contribution in [0.3, 0.4) is 0 Å². The molecule has 0 saturated heterocycles. The maximum absolute atomic E-state index is 12.9. The predicted molar refractivity (Wildman–Crippen MR) is 115 cm³/mol. The normalized spacial score (nSPS) is 14.4. The molecule has 0 aliphatic carbocycles. The number of imide groups is 1. The Morgan fingerprint density at radius 3 is 2.38 bits per heavy atom. The van der Waals surface area contributed by atoms with Gasteiger partial charge in [-0.1, -0.05) is 36.4 Å². The average Bonchev–Trinajstić information content (AvgIpc) is 3.39. The lowest BCUT2D eigenvalue weighted by atomic mass is 9.95. The molecule has 0 saturated carbocycles. The molecule has 3 heterocycles. The van der Waals surface area contributed by atoms with Crippen LogP contribution in [0.5, 0.6) is 0 Å². The minimum Gasteiger partial charge on any atom is -0.396 e. The van der Waals surface area contributed by atoms with Crippen LogP contribution in [-0.4, -0.2) is 28.1 Å². The first-order valence-corrected chi connectivity index (χ1v) is 10.3. The van der Waals surface area contributed by atoms with Crippen molar-refractivity contribution in [1.29, 1.82) is 0 Å². The number of benzene rings is 2. The Balaban J connectivity index is 1.79. The van der Waals surface area contributed by atoms with Crippen LogP contribution in [0.4, 0.5) is 0 Å². The van der Waals surface area contributed by atoms with Gasteiger partial charge in [0, 0.05) is 56.8 Å². The molecule has 29 heavy (non-hydrogen) atoms. The third-order valence-electron chi connectivity index (χ3n) is 5.30. The summed E-state index contributed by atoms with van der Waals surface area (Å²) in [4.78, 5) is 25.7. The monoisotopic (exact) mass is 402 g/mol. The molecule has 5 rings (SSSR count). The van der Waals surface area contributed by atoms with Crippen molar-refractivity contribution in [3.63, 3.8) is 0 Å². The molecular formula is C23H18N2O3S. The van der Waals surface area contributed by atoms with E-state index < -0.39 is 0 Å². The van der Waals surface area contributed by atoms with Crippen molar-refractivity contribution in [3.8, 4) is 0 Å². The Bertz CT molecular complexity index is 1310. The molecule has 2 aromatic heterocycles. The number of aromatic nitrogens is 1. The van der Waals surface area contributed by atoms with E-state index in [0.29, 0.717) is 24.1 Å². The van der Waals surface area contributed by atoms with Crippen LogP contribution in [-0.2, 0) is 16.1 Å². The number of fused-ring (bicyclic) bond motifs is 2. The molecule has 0 fully saturated rings. The fourth-order valence-electron chi connectivity index (χ4n) is 4.01. The molecule has 1 aliphatic heterocycles. The van der Waals surface area contributed by atoms with E-state index in [0.717, 1.165) is 32.1 Å². The summed E-state index contributed by atoms with van der Waals surface area (Å²) in [5, 5.41) is 15.6. The van der Waals surface area contributed by atoms with Crippen molar-refractivity contribution in [1.82, 2.24) is 9.88 Å². The van der Waals surface area contributed by atoms with Gasteiger partial charge in [-0.15, -0.1) is 11.3 Å². The van der Waals surface area contributed by atoms with E-state index in [1.165, 1.54) is 0 Å². The van der Waals surface area contributed by atoms with Crippen molar-refractivity contribution in [2.45, 2.75) is 13.0 Å². The Hall–Kier alpha value is -3.22. The lowest BCUT2D eigenvalue weighted by molar-refractivity contribution is -0.122. The minimum atomic E-state index is -0.370.